The van der Waals surface area contributed by atoms with Gasteiger partial charge in [-0.05, 0) is 33.2 Å². The highest BCUT2D eigenvalue weighted by molar-refractivity contribution is 4.98. The lowest BCUT2D eigenvalue weighted by Crippen LogP contribution is -2.56. The van der Waals surface area contributed by atoms with Crippen molar-refractivity contribution in [2.45, 2.75) is 38.3 Å². The molecule has 3 heteroatoms. The molecule has 2 atom stereocenters. The van der Waals surface area contributed by atoms with Gasteiger partial charge < -0.3 is 15.8 Å². The molecule has 1 heterocycles. The molecular weight excluding hydrogens is 176 g/mol. The van der Waals surface area contributed by atoms with Crippen LogP contribution in [-0.4, -0.2) is 31.3 Å². The zero-order valence-electron chi connectivity index (χ0n) is 9.25. The second-order valence-corrected chi connectivity index (χ2v) is 3.91. The molecule has 82 valence electrons. The molecule has 0 saturated carbocycles. The molecule has 0 aromatic rings. The summed E-state index contributed by atoms with van der Waals surface area (Å²) >= 11 is 0. The fourth-order valence-electron chi connectivity index (χ4n) is 1.92. The largest absolute Gasteiger partial charge is 0.376 e. The summed E-state index contributed by atoms with van der Waals surface area (Å²) in [6, 6.07) is 0. The van der Waals surface area contributed by atoms with Crippen molar-refractivity contribution in [1.29, 1.82) is 0 Å². The lowest BCUT2D eigenvalue weighted by Gasteiger charge is -2.32. The number of rotatable bonds is 5. The third-order valence-corrected chi connectivity index (χ3v) is 3.08. The van der Waals surface area contributed by atoms with Crippen LogP contribution in [0.25, 0.3) is 0 Å². The molecule has 0 aromatic heterocycles. The highest BCUT2D eigenvalue weighted by Gasteiger charge is 2.39. The van der Waals surface area contributed by atoms with Gasteiger partial charge in [-0.15, -0.1) is 0 Å². The highest BCUT2D eigenvalue weighted by atomic mass is 16.5. The van der Waals surface area contributed by atoms with E-state index in [-0.39, 0.29) is 11.6 Å². The first-order valence-corrected chi connectivity index (χ1v) is 5.43. The van der Waals surface area contributed by atoms with E-state index in [9.17, 15) is 0 Å². The van der Waals surface area contributed by atoms with Gasteiger partial charge in [-0.2, -0.15) is 0 Å². The maximum Gasteiger partial charge on any atom is 0.0741 e. The van der Waals surface area contributed by atoms with Gasteiger partial charge in [0.2, 0.25) is 0 Å². The Bertz CT molecular complexity index is 194. The lowest BCUT2D eigenvalue weighted by atomic mass is 9.92. The summed E-state index contributed by atoms with van der Waals surface area (Å²) in [5.74, 6) is 0. The number of allylic oxidation sites excluding steroid dienone is 1. The Labute approximate surface area is 86.7 Å². The Hall–Kier alpha value is -0.380. The summed E-state index contributed by atoms with van der Waals surface area (Å²) in [6.45, 7) is 6.61. The van der Waals surface area contributed by atoms with Gasteiger partial charge in [0.25, 0.3) is 0 Å². The molecule has 0 bridgehead atoms. The molecule has 2 unspecified atom stereocenters. The van der Waals surface area contributed by atoms with Gasteiger partial charge in [0.1, 0.15) is 0 Å². The summed E-state index contributed by atoms with van der Waals surface area (Å²) in [4.78, 5) is 0. The van der Waals surface area contributed by atoms with E-state index in [1.165, 1.54) is 0 Å². The topological polar surface area (TPSA) is 47.3 Å². The predicted molar refractivity (Wildman–Crippen MR) is 59.3 cm³/mol. The minimum absolute atomic E-state index is 0.0155. The van der Waals surface area contributed by atoms with Gasteiger partial charge in [-0.3, -0.25) is 0 Å². The van der Waals surface area contributed by atoms with Crippen molar-refractivity contribution in [2.24, 2.45) is 5.73 Å². The summed E-state index contributed by atoms with van der Waals surface area (Å²) in [6.07, 6.45) is 6.56. The average molecular weight is 198 g/mol. The molecule has 3 N–H and O–H groups in total. The van der Waals surface area contributed by atoms with Crippen LogP contribution in [0.3, 0.4) is 0 Å². The monoisotopic (exact) mass is 198 g/mol. The van der Waals surface area contributed by atoms with E-state index in [0.29, 0.717) is 6.54 Å². The third-order valence-electron chi connectivity index (χ3n) is 3.08. The molecule has 1 aliphatic rings. The smallest absolute Gasteiger partial charge is 0.0741 e. The van der Waals surface area contributed by atoms with E-state index in [4.69, 9.17) is 10.5 Å². The number of ether oxygens (including phenoxy) is 1. The van der Waals surface area contributed by atoms with Crippen molar-refractivity contribution in [3.63, 3.8) is 0 Å². The minimum atomic E-state index is 0.0155. The second-order valence-electron chi connectivity index (χ2n) is 3.91. The van der Waals surface area contributed by atoms with E-state index in [0.717, 1.165) is 26.0 Å². The maximum atomic E-state index is 5.81. The standard InChI is InChI=1S/C11H22N2O/c1-3-4-5-7-13-11(9-12)6-8-14-10(11)2/h3-4,10,13H,5-9,12H2,1-2H3/b4-3+. The van der Waals surface area contributed by atoms with Crippen molar-refractivity contribution in [2.75, 3.05) is 19.7 Å². The molecule has 0 aromatic carbocycles. The second kappa shape index (κ2) is 5.49. The van der Waals surface area contributed by atoms with Gasteiger partial charge in [0, 0.05) is 13.2 Å². The fourth-order valence-corrected chi connectivity index (χ4v) is 1.92. The zero-order valence-corrected chi connectivity index (χ0v) is 9.25. The van der Waals surface area contributed by atoms with Crippen LogP contribution in [0.5, 0.6) is 0 Å². The summed E-state index contributed by atoms with van der Waals surface area (Å²) in [5, 5.41) is 3.53. The number of nitrogens with two attached hydrogens (primary N) is 1. The molecule has 1 saturated heterocycles. The first-order chi connectivity index (χ1) is 6.75. The molecule has 1 fully saturated rings. The van der Waals surface area contributed by atoms with Crippen molar-refractivity contribution in [1.82, 2.24) is 5.32 Å². The molecule has 1 rings (SSSR count). The molecule has 0 radical (unpaired) electrons. The summed E-state index contributed by atoms with van der Waals surface area (Å²) in [5.41, 5.74) is 5.83. The van der Waals surface area contributed by atoms with Crippen LogP contribution in [0.15, 0.2) is 12.2 Å². The Kier molecular flexibility index (Phi) is 4.58. The summed E-state index contributed by atoms with van der Waals surface area (Å²) in [7, 11) is 0. The number of nitrogens with one attached hydrogen (secondary N) is 1. The first-order valence-electron chi connectivity index (χ1n) is 5.43. The Balaban J connectivity index is 2.37. The quantitative estimate of drug-likeness (QED) is 0.513. The van der Waals surface area contributed by atoms with E-state index in [2.05, 4.69) is 24.4 Å². The molecule has 0 amide bonds. The van der Waals surface area contributed by atoms with Crippen LogP contribution >= 0.6 is 0 Å². The van der Waals surface area contributed by atoms with E-state index >= 15 is 0 Å². The van der Waals surface area contributed by atoms with E-state index in [1.807, 2.05) is 6.92 Å². The van der Waals surface area contributed by atoms with Gasteiger partial charge in [-0.1, -0.05) is 12.2 Å². The van der Waals surface area contributed by atoms with Crippen LogP contribution in [0.2, 0.25) is 0 Å². The molecule has 3 nitrogen and oxygen atoms in total. The normalized spacial score (nSPS) is 32.9. The Morgan fingerprint density at radius 3 is 2.93 bits per heavy atom. The van der Waals surface area contributed by atoms with E-state index < -0.39 is 0 Å². The van der Waals surface area contributed by atoms with Gasteiger partial charge in [0.05, 0.1) is 11.6 Å². The predicted octanol–water partition coefficient (Wildman–Crippen LogP) is 1.05. The van der Waals surface area contributed by atoms with Crippen LogP contribution in [0.4, 0.5) is 0 Å². The zero-order chi connectivity index (χ0) is 10.4. The fraction of sp³-hybridized carbons (Fsp3) is 0.818. The summed E-state index contributed by atoms with van der Waals surface area (Å²) < 4.78 is 5.56. The van der Waals surface area contributed by atoms with Gasteiger partial charge in [-0.25, -0.2) is 0 Å². The van der Waals surface area contributed by atoms with Gasteiger partial charge >= 0.3 is 0 Å². The number of hydrogen-bond acceptors (Lipinski definition) is 3. The Morgan fingerprint density at radius 2 is 2.43 bits per heavy atom. The maximum absolute atomic E-state index is 5.81. The third kappa shape index (κ3) is 2.56. The van der Waals surface area contributed by atoms with Crippen molar-refractivity contribution >= 4 is 0 Å². The van der Waals surface area contributed by atoms with Crippen molar-refractivity contribution < 1.29 is 4.74 Å². The van der Waals surface area contributed by atoms with Crippen LogP contribution in [-0.2, 0) is 4.74 Å². The average Bonchev–Trinajstić information content (AvgIpc) is 2.56. The lowest BCUT2D eigenvalue weighted by molar-refractivity contribution is 0.0857. The van der Waals surface area contributed by atoms with E-state index in [1.54, 1.807) is 0 Å². The van der Waals surface area contributed by atoms with Gasteiger partial charge in [0.15, 0.2) is 0 Å². The molecule has 1 aliphatic heterocycles. The molecule has 0 spiro atoms. The van der Waals surface area contributed by atoms with Crippen LogP contribution in [0.1, 0.15) is 26.7 Å². The number of hydrogen-bond donors (Lipinski definition) is 2. The highest BCUT2D eigenvalue weighted by Crippen LogP contribution is 2.24. The molecule has 14 heavy (non-hydrogen) atoms. The molecular formula is C11H22N2O. The first kappa shape index (κ1) is 11.7. The van der Waals surface area contributed by atoms with Crippen LogP contribution in [0, 0.1) is 0 Å². The minimum Gasteiger partial charge on any atom is -0.376 e. The Morgan fingerprint density at radius 1 is 1.64 bits per heavy atom. The van der Waals surface area contributed by atoms with Crippen molar-refractivity contribution in [3.05, 3.63) is 12.2 Å². The molecule has 0 aliphatic carbocycles. The van der Waals surface area contributed by atoms with Crippen LogP contribution < -0.4 is 11.1 Å². The SMILES string of the molecule is C/C=C/CCNC1(CN)CCOC1C. The van der Waals surface area contributed by atoms with Crippen molar-refractivity contribution in [3.8, 4) is 0 Å².